The number of benzene rings is 2. The second kappa shape index (κ2) is 11.0. The van der Waals surface area contributed by atoms with Crippen LogP contribution in [0.25, 0.3) is 0 Å². The molecule has 1 amide bonds. The molecule has 0 saturated heterocycles. The molecule has 38 heavy (non-hydrogen) atoms. The van der Waals surface area contributed by atoms with Crippen LogP contribution < -0.4 is 5.32 Å². The van der Waals surface area contributed by atoms with Crippen LogP contribution in [-0.4, -0.2) is 34.3 Å². The molecule has 2 aromatic carbocycles. The van der Waals surface area contributed by atoms with Gasteiger partial charge in [-0.3, -0.25) is 9.78 Å². The van der Waals surface area contributed by atoms with Gasteiger partial charge < -0.3 is 15.2 Å². The van der Waals surface area contributed by atoms with Crippen LogP contribution in [0.15, 0.2) is 66.9 Å². The highest BCUT2D eigenvalue weighted by atomic mass is 16.5. The molecule has 0 spiro atoms. The highest BCUT2D eigenvalue weighted by Gasteiger charge is 2.50. The first-order valence-electron chi connectivity index (χ1n) is 14.0. The SMILES string of the molecule is Cc1ncccc1NC(=O)c1ccc2c(c1)CCC[C@@H]1C[C@](O)(COC(C)C)CC[C@]21Cc1ccccc1. The average Bonchev–Trinajstić information content (AvgIpc) is 3.05. The number of fused-ring (bicyclic) bond motifs is 3. The van der Waals surface area contributed by atoms with Crippen LogP contribution >= 0.6 is 0 Å². The van der Waals surface area contributed by atoms with Crippen molar-refractivity contribution in [2.24, 2.45) is 5.92 Å². The summed E-state index contributed by atoms with van der Waals surface area (Å²) in [5, 5.41) is 14.6. The van der Waals surface area contributed by atoms with Crippen molar-refractivity contribution in [2.45, 2.75) is 82.8 Å². The lowest BCUT2D eigenvalue weighted by atomic mass is 9.56. The largest absolute Gasteiger partial charge is 0.387 e. The summed E-state index contributed by atoms with van der Waals surface area (Å²) >= 11 is 0. The summed E-state index contributed by atoms with van der Waals surface area (Å²) in [4.78, 5) is 17.5. The van der Waals surface area contributed by atoms with E-state index in [9.17, 15) is 9.90 Å². The number of hydrogen-bond acceptors (Lipinski definition) is 4. The first-order chi connectivity index (χ1) is 18.3. The zero-order chi connectivity index (χ0) is 26.8. The lowest BCUT2D eigenvalue weighted by Gasteiger charge is -2.50. The second-order valence-electron chi connectivity index (χ2n) is 11.7. The molecule has 0 bridgehead atoms. The molecular weight excluding hydrogens is 472 g/mol. The number of hydrogen-bond donors (Lipinski definition) is 2. The first-order valence-corrected chi connectivity index (χ1v) is 14.0. The smallest absolute Gasteiger partial charge is 0.255 e. The normalized spacial score (nSPS) is 24.8. The molecule has 0 aliphatic heterocycles. The van der Waals surface area contributed by atoms with Crippen LogP contribution in [0.3, 0.4) is 0 Å². The van der Waals surface area contributed by atoms with E-state index < -0.39 is 5.60 Å². The number of aliphatic hydroxyl groups is 1. The number of carbonyl (C=O) groups excluding carboxylic acids is 1. The van der Waals surface area contributed by atoms with Gasteiger partial charge in [0.15, 0.2) is 0 Å². The van der Waals surface area contributed by atoms with Crippen molar-refractivity contribution in [1.29, 1.82) is 0 Å². The molecule has 5 rings (SSSR count). The third-order valence-corrected chi connectivity index (χ3v) is 8.65. The average molecular weight is 513 g/mol. The molecule has 5 heteroatoms. The Bertz CT molecular complexity index is 1270. The molecule has 5 nitrogen and oxygen atoms in total. The highest BCUT2D eigenvalue weighted by molar-refractivity contribution is 6.04. The van der Waals surface area contributed by atoms with Crippen LogP contribution in [0, 0.1) is 12.8 Å². The maximum Gasteiger partial charge on any atom is 0.255 e. The lowest BCUT2D eigenvalue weighted by molar-refractivity contribution is -0.110. The Kier molecular flexibility index (Phi) is 7.69. The van der Waals surface area contributed by atoms with Gasteiger partial charge in [0, 0.05) is 17.2 Å². The number of nitrogens with zero attached hydrogens (tertiary/aromatic N) is 1. The number of ether oxygens (including phenoxy) is 1. The van der Waals surface area contributed by atoms with E-state index in [4.69, 9.17) is 4.74 Å². The van der Waals surface area contributed by atoms with Crippen molar-refractivity contribution in [1.82, 2.24) is 4.98 Å². The molecule has 0 radical (unpaired) electrons. The predicted molar refractivity (Wildman–Crippen MR) is 152 cm³/mol. The van der Waals surface area contributed by atoms with Gasteiger partial charge in [0.25, 0.3) is 5.91 Å². The summed E-state index contributed by atoms with van der Waals surface area (Å²) in [6.07, 6.45) is 8.17. The van der Waals surface area contributed by atoms with Crippen LogP contribution in [-0.2, 0) is 23.0 Å². The standard InChI is InChI=1S/C33H40N2O3/c1-23(2)38-22-32(37)16-17-33(20-25-9-5-4-6-10-25)28(21-32)12-7-11-26-19-27(14-15-29(26)33)31(36)35-30-13-8-18-34-24(30)3/h4-6,8-10,13-15,18-19,23,28,37H,7,11-12,16-17,20-22H2,1-3H3,(H,35,36)/t28-,32+,33-/m1/s1. The Hall–Kier alpha value is -3.02. The topological polar surface area (TPSA) is 71.5 Å². The minimum Gasteiger partial charge on any atom is -0.387 e. The molecule has 1 saturated carbocycles. The summed E-state index contributed by atoms with van der Waals surface area (Å²) in [5.74, 6) is 0.238. The zero-order valence-corrected chi connectivity index (χ0v) is 22.9. The highest BCUT2D eigenvalue weighted by Crippen LogP contribution is 2.53. The molecular formula is C33H40N2O3. The van der Waals surface area contributed by atoms with Crippen LogP contribution in [0.5, 0.6) is 0 Å². The van der Waals surface area contributed by atoms with Crippen molar-refractivity contribution in [3.05, 3.63) is 94.8 Å². The monoisotopic (exact) mass is 512 g/mol. The van der Waals surface area contributed by atoms with E-state index in [2.05, 4.69) is 52.8 Å². The maximum atomic E-state index is 13.2. The van der Waals surface area contributed by atoms with Gasteiger partial charge >= 0.3 is 0 Å². The fraction of sp³-hybridized carbons (Fsp3) is 0.455. The van der Waals surface area contributed by atoms with E-state index in [0.29, 0.717) is 24.5 Å². The third-order valence-electron chi connectivity index (χ3n) is 8.65. The van der Waals surface area contributed by atoms with E-state index >= 15 is 0 Å². The van der Waals surface area contributed by atoms with Crippen molar-refractivity contribution < 1.29 is 14.6 Å². The Labute approximate surface area is 226 Å². The summed E-state index contributed by atoms with van der Waals surface area (Å²) in [6.45, 7) is 6.34. The van der Waals surface area contributed by atoms with Gasteiger partial charge in [-0.1, -0.05) is 36.4 Å². The maximum absolute atomic E-state index is 13.2. The van der Waals surface area contributed by atoms with Crippen LogP contribution in [0.1, 0.15) is 78.7 Å². The van der Waals surface area contributed by atoms with Gasteiger partial charge in [-0.2, -0.15) is 0 Å². The summed E-state index contributed by atoms with van der Waals surface area (Å²) in [7, 11) is 0. The summed E-state index contributed by atoms with van der Waals surface area (Å²) < 4.78 is 5.92. The molecule has 2 N–H and O–H groups in total. The second-order valence-corrected chi connectivity index (χ2v) is 11.7. The number of carbonyl (C=O) groups is 1. The van der Waals surface area contributed by atoms with E-state index in [0.717, 1.165) is 49.9 Å². The summed E-state index contributed by atoms with van der Waals surface area (Å²) in [5.41, 5.74) is 5.29. The Morgan fingerprint density at radius 1 is 1.13 bits per heavy atom. The van der Waals surface area contributed by atoms with Gasteiger partial charge in [-0.15, -0.1) is 0 Å². The number of nitrogens with one attached hydrogen (secondary N) is 1. The van der Waals surface area contributed by atoms with Crippen molar-refractivity contribution in [3.63, 3.8) is 0 Å². The van der Waals surface area contributed by atoms with Gasteiger partial charge in [0.2, 0.25) is 0 Å². The summed E-state index contributed by atoms with van der Waals surface area (Å²) in [6, 6.07) is 20.7. The third kappa shape index (κ3) is 5.55. The van der Waals surface area contributed by atoms with Crippen LogP contribution in [0.4, 0.5) is 5.69 Å². The van der Waals surface area contributed by atoms with E-state index in [1.165, 1.54) is 16.7 Å². The quantitative estimate of drug-likeness (QED) is 0.383. The lowest BCUT2D eigenvalue weighted by Crippen LogP contribution is -2.51. The number of anilines is 1. The molecule has 2 aliphatic rings. The van der Waals surface area contributed by atoms with Gasteiger partial charge in [0.1, 0.15) is 0 Å². The van der Waals surface area contributed by atoms with Crippen molar-refractivity contribution >= 4 is 11.6 Å². The van der Waals surface area contributed by atoms with E-state index in [1.54, 1.807) is 6.20 Å². The molecule has 0 unspecified atom stereocenters. The minimum absolute atomic E-state index is 0.0772. The van der Waals surface area contributed by atoms with Crippen molar-refractivity contribution in [2.75, 3.05) is 11.9 Å². The minimum atomic E-state index is -0.791. The molecule has 2 aliphatic carbocycles. The van der Waals surface area contributed by atoms with Gasteiger partial charge in [-0.05, 0) is 113 Å². The molecule has 1 fully saturated rings. The van der Waals surface area contributed by atoms with Gasteiger partial charge in [-0.25, -0.2) is 0 Å². The van der Waals surface area contributed by atoms with Gasteiger partial charge in [0.05, 0.1) is 29.7 Å². The van der Waals surface area contributed by atoms with Crippen molar-refractivity contribution in [3.8, 4) is 0 Å². The Morgan fingerprint density at radius 3 is 2.71 bits per heavy atom. The predicted octanol–water partition coefficient (Wildman–Crippen LogP) is 6.42. The fourth-order valence-corrected chi connectivity index (χ4v) is 6.67. The first kappa shape index (κ1) is 26.6. The number of aryl methyl sites for hydroxylation is 2. The molecule has 1 heterocycles. The van der Waals surface area contributed by atoms with E-state index in [-0.39, 0.29) is 17.4 Å². The zero-order valence-electron chi connectivity index (χ0n) is 22.9. The molecule has 200 valence electrons. The number of aromatic nitrogens is 1. The number of rotatable bonds is 7. The number of pyridine rings is 1. The van der Waals surface area contributed by atoms with E-state index in [1.807, 2.05) is 39.0 Å². The Morgan fingerprint density at radius 2 is 1.95 bits per heavy atom. The fourth-order valence-electron chi connectivity index (χ4n) is 6.67. The Balaban J connectivity index is 1.49. The number of amides is 1. The van der Waals surface area contributed by atoms with Crippen LogP contribution in [0.2, 0.25) is 0 Å². The molecule has 1 aromatic heterocycles. The molecule has 3 atom stereocenters. The molecule has 3 aromatic rings.